The van der Waals surface area contributed by atoms with E-state index in [2.05, 4.69) is 33.4 Å². The maximum absolute atomic E-state index is 5.75. The predicted octanol–water partition coefficient (Wildman–Crippen LogP) is 2.53. The Morgan fingerprint density at radius 3 is 2.83 bits per heavy atom. The number of nitrogens with one attached hydrogen (secondary N) is 1. The van der Waals surface area contributed by atoms with Gasteiger partial charge in [0.25, 0.3) is 0 Å². The molecule has 7 heteroatoms. The van der Waals surface area contributed by atoms with Gasteiger partial charge in [-0.15, -0.1) is 5.10 Å². The van der Waals surface area contributed by atoms with Crippen molar-refractivity contribution in [1.82, 2.24) is 24.6 Å². The van der Waals surface area contributed by atoms with Crippen molar-refractivity contribution in [3.8, 4) is 11.3 Å². The van der Waals surface area contributed by atoms with Crippen LogP contribution in [0.25, 0.3) is 27.8 Å². The molecule has 24 heavy (non-hydrogen) atoms. The molecule has 4 aromatic heterocycles. The highest BCUT2D eigenvalue weighted by molar-refractivity contribution is 5.90. The molecule has 0 amide bonds. The van der Waals surface area contributed by atoms with Crippen molar-refractivity contribution in [2.24, 2.45) is 0 Å². The van der Waals surface area contributed by atoms with Gasteiger partial charge < -0.3 is 11.1 Å². The fraction of sp³-hybridized carbons (Fsp3) is 0.176. The quantitative estimate of drug-likeness (QED) is 0.602. The van der Waals surface area contributed by atoms with Crippen molar-refractivity contribution in [1.29, 1.82) is 0 Å². The lowest BCUT2D eigenvalue weighted by Crippen LogP contribution is -2.05. The van der Waals surface area contributed by atoms with Gasteiger partial charge in [-0.3, -0.25) is 0 Å². The van der Waals surface area contributed by atoms with Crippen LogP contribution in [-0.4, -0.2) is 31.6 Å². The lowest BCUT2D eigenvalue weighted by molar-refractivity contribution is 0.919. The van der Waals surface area contributed by atoms with Gasteiger partial charge in [-0.2, -0.15) is 4.98 Å². The molecule has 4 aromatic rings. The monoisotopic (exact) mass is 319 g/mol. The highest BCUT2D eigenvalue weighted by atomic mass is 15.3. The third kappa shape index (κ3) is 2.13. The molecule has 0 aliphatic rings. The van der Waals surface area contributed by atoms with Crippen LogP contribution >= 0.6 is 0 Å². The van der Waals surface area contributed by atoms with Crippen LogP contribution in [0.3, 0.4) is 0 Å². The van der Waals surface area contributed by atoms with E-state index >= 15 is 0 Å². The zero-order chi connectivity index (χ0) is 16.7. The lowest BCUT2D eigenvalue weighted by atomic mass is 10.1. The average molecular weight is 319 g/mol. The van der Waals surface area contributed by atoms with E-state index in [-0.39, 0.29) is 5.95 Å². The van der Waals surface area contributed by atoms with Crippen LogP contribution in [0.5, 0.6) is 0 Å². The molecular formula is C17H17N7. The number of aromatic nitrogens is 5. The van der Waals surface area contributed by atoms with Gasteiger partial charge in [0, 0.05) is 30.4 Å². The van der Waals surface area contributed by atoms with Crippen molar-refractivity contribution in [2.75, 3.05) is 18.1 Å². The third-order valence-corrected chi connectivity index (χ3v) is 4.11. The number of hydrogen-bond acceptors (Lipinski definition) is 6. The first kappa shape index (κ1) is 14.4. The number of aryl methyl sites for hydroxylation is 1. The number of rotatable bonds is 3. The minimum Gasteiger partial charge on any atom is -0.371 e. The Morgan fingerprint density at radius 1 is 1.17 bits per heavy atom. The molecule has 0 saturated carbocycles. The van der Waals surface area contributed by atoms with Gasteiger partial charge in [-0.05, 0) is 36.2 Å². The number of nitrogens with zero attached hydrogens (tertiary/aromatic N) is 5. The number of nitrogen functional groups attached to an aromatic ring is 1. The summed E-state index contributed by atoms with van der Waals surface area (Å²) in [5.74, 6) is 0.884. The van der Waals surface area contributed by atoms with Crippen LogP contribution in [0, 0.1) is 0 Å². The van der Waals surface area contributed by atoms with Crippen LogP contribution in [0.2, 0.25) is 0 Å². The van der Waals surface area contributed by atoms with E-state index in [1.807, 2.05) is 24.4 Å². The van der Waals surface area contributed by atoms with Gasteiger partial charge in [0.05, 0.1) is 5.69 Å². The van der Waals surface area contributed by atoms with E-state index in [9.17, 15) is 0 Å². The van der Waals surface area contributed by atoms with Crippen molar-refractivity contribution < 1.29 is 0 Å². The largest absolute Gasteiger partial charge is 0.371 e. The lowest BCUT2D eigenvalue weighted by Gasteiger charge is -2.08. The minimum atomic E-state index is 0.217. The molecule has 0 spiro atoms. The molecule has 4 heterocycles. The maximum Gasteiger partial charge on any atom is 0.240 e. The highest BCUT2D eigenvalue weighted by Gasteiger charge is 2.14. The smallest absolute Gasteiger partial charge is 0.240 e. The summed E-state index contributed by atoms with van der Waals surface area (Å²) in [6.45, 7) is 2.13. The maximum atomic E-state index is 5.75. The second-order valence-corrected chi connectivity index (χ2v) is 5.48. The summed E-state index contributed by atoms with van der Waals surface area (Å²) in [6.07, 6.45) is 4.61. The fourth-order valence-electron chi connectivity index (χ4n) is 2.97. The first-order chi connectivity index (χ1) is 11.7. The van der Waals surface area contributed by atoms with Gasteiger partial charge in [-0.25, -0.2) is 14.5 Å². The summed E-state index contributed by atoms with van der Waals surface area (Å²) in [6, 6.07) is 8.08. The molecule has 7 nitrogen and oxygen atoms in total. The number of anilines is 2. The summed E-state index contributed by atoms with van der Waals surface area (Å²) >= 11 is 0. The molecule has 0 bridgehead atoms. The van der Waals surface area contributed by atoms with Gasteiger partial charge in [0.2, 0.25) is 5.95 Å². The van der Waals surface area contributed by atoms with E-state index in [4.69, 9.17) is 10.7 Å². The summed E-state index contributed by atoms with van der Waals surface area (Å²) in [4.78, 5) is 13.4. The number of fused-ring (bicyclic) bond motifs is 2. The fourth-order valence-corrected chi connectivity index (χ4v) is 2.97. The molecule has 0 atom stereocenters. The van der Waals surface area contributed by atoms with Gasteiger partial charge in [0.15, 0.2) is 11.5 Å². The molecule has 4 rings (SSSR count). The molecule has 0 unspecified atom stereocenters. The Morgan fingerprint density at radius 2 is 2.04 bits per heavy atom. The second kappa shape index (κ2) is 5.45. The first-order valence-electron chi connectivity index (χ1n) is 7.79. The van der Waals surface area contributed by atoms with Crippen molar-refractivity contribution in [3.63, 3.8) is 0 Å². The Balaban J connectivity index is 1.96. The zero-order valence-corrected chi connectivity index (χ0v) is 13.5. The number of hydrogen-bond donors (Lipinski definition) is 2. The van der Waals surface area contributed by atoms with Gasteiger partial charge in [0.1, 0.15) is 5.52 Å². The van der Waals surface area contributed by atoms with E-state index in [1.54, 1.807) is 17.8 Å². The molecule has 0 fully saturated rings. The topological polar surface area (TPSA) is 94.0 Å². The van der Waals surface area contributed by atoms with Crippen LogP contribution in [-0.2, 0) is 6.42 Å². The number of nitrogens with two attached hydrogens (primary N) is 1. The first-order valence-corrected chi connectivity index (χ1v) is 7.79. The predicted molar refractivity (Wildman–Crippen MR) is 94.9 cm³/mol. The van der Waals surface area contributed by atoms with Gasteiger partial charge >= 0.3 is 0 Å². The summed E-state index contributed by atoms with van der Waals surface area (Å²) in [5, 5.41) is 8.37. The van der Waals surface area contributed by atoms with E-state index in [0.29, 0.717) is 5.82 Å². The molecule has 0 aromatic carbocycles. The van der Waals surface area contributed by atoms with E-state index < -0.39 is 0 Å². The van der Waals surface area contributed by atoms with Crippen molar-refractivity contribution in [3.05, 3.63) is 42.2 Å². The van der Waals surface area contributed by atoms with Crippen LogP contribution in [0.15, 0.2) is 36.7 Å². The van der Waals surface area contributed by atoms with Crippen molar-refractivity contribution >= 4 is 28.3 Å². The van der Waals surface area contributed by atoms with Crippen molar-refractivity contribution in [2.45, 2.75) is 13.3 Å². The Labute approximate surface area is 138 Å². The normalized spacial score (nSPS) is 11.2. The van der Waals surface area contributed by atoms with Crippen LogP contribution < -0.4 is 11.1 Å². The summed E-state index contributed by atoms with van der Waals surface area (Å²) in [5.41, 5.74) is 10.3. The van der Waals surface area contributed by atoms with E-state index in [1.165, 1.54) is 5.56 Å². The van der Waals surface area contributed by atoms with Crippen LogP contribution in [0.1, 0.15) is 12.5 Å². The molecule has 0 aliphatic carbocycles. The Hall–Kier alpha value is -3.22. The SMILES string of the molecule is CCc1ccnc2nc(-c3ccn4nc(N)nc(NC)c34)ccc12. The molecule has 0 radical (unpaired) electrons. The summed E-state index contributed by atoms with van der Waals surface area (Å²) in [7, 11) is 1.81. The molecule has 0 aliphatic heterocycles. The Bertz CT molecular complexity index is 1050. The highest BCUT2D eigenvalue weighted by Crippen LogP contribution is 2.30. The molecule has 120 valence electrons. The standard InChI is InChI=1S/C17H17N7/c1-3-10-6-8-20-15-11(10)4-5-13(21-15)12-7-9-24-14(12)16(19-2)22-17(18)23-24/h4-9H,3H2,1-2H3,(H3,18,19,22,23). The van der Waals surface area contributed by atoms with Gasteiger partial charge in [-0.1, -0.05) is 6.92 Å². The summed E-state index contributed by atoms with van der Waals surface area (Å²) < 4.78 is 1.71. The molecule has 3 N–H and O–H groups in total. The second-order valence-electron chi connectivity index (χ2n) is 5.48. The van der Waals surface area contributed by atoms with E-state index in [0.717, 1.165) is 34.2 Å². The Kier molecular flexibility index (Phi) is 3.26. The third-order valence-electron chi connectivity index (χ3n) is 4.11. The number of pyridine rings is 2. The molecule has 0 saturated heterocycles. The van der Waals surface area contributed by atoms with Crippen LogP contribution in [0.4, 0.5) is 11.8 Å². The average Bonchev–Trinajstić information content (AvgIpc) is 3.03. The minimum absolute atomic E-state index is 0.217. The zero-order valence-electron chi connectivity index (χ0n) is 13.5. The molecular weight excluding hydrogens is 302 g/mol.